The minimum absolute atomic E-state index is 0.0559. The van der Waals surface area contributed by atoms with Gasteiger partial charge in [-0.05, 0) is 43.5 Å². The van der Waals surface area contributed by atoms with E-state index < -0.39 is 17.2 Å². The summed E-state index contributed by atoms with van der Waals surface area (Å²) in [5.41, 5.74) is 0.925. The van der Waals surface area contributed by atoms with Crippen LogP contribution in [-0.4, -0.2) is 20.4 Å². The summed E-state index contributed by atoms with van der Waals surface area (Å²) >= 11 is 6.14. The summed E-state index contributed by atoms with van der Waals surface area (Å²) in [7, 11) is 0. The summed E-state index contributed by atoms with van der Waals surface area (Å²) in [6, 6.07) is 6.78. The zero-order valence-electron chi connectivity index (χ0n) is 13.9. The molecule has 0 aliphatic heterocycles. The average Bonchev–Trinajstić information content (AvgIpc) is 3.42. The average molecular weight is 371 g/mol. The zero-order valence-corrected chi connectivity index (χ0v) is 14.6. The number of fused-ring (bicyclic) bond motifs is 1. The number of carbonyl (C=O) groups excluding carboxylic acids is 1. The highest BCUT2D eigenvalue weighted by atomic mass is 35.5. The van der Waals surface area contributed by atoms with Crippen LogP contribution in [0.5, 0.6) is 0 Å². The van der Waals surface area contributed by atoms with Gasteiger partial charge in [0.1, 0.15) is 5.65 Å². The number of hydrogen-bond acceptors (Lipinski definition) is 4. The van der Waals surface area contributed by atoms with E-state index in [1.165, 1.54) is 16.8 Å². The third-order valence-corrected chi connectivity index (χ3v) is 4.64. The molecule has 2 heterocycles. The molecule has 8 heteroatoms. The van der Waals surface area contributed by atoms with Crippen LogP contribution in [0.15, 0.2) is 40.1 Å². The maximum Gasteiger partial charge on any atom is 0.330 e. The predicted molar refractivity (Wildman–Crippen MR) is 99.0 cm³/mol. The van der Waals surface area contributed by atoms with Crippen LogP contribution in [-0.2, 0) is 0 Å². The van der Waals surface area contributed by atoms with Crippen molar-refractivity contribution in [3.63, 3.8) is 0 Å². The molecule has 0 spiro atoms. The molecular weight excluding hydrogens is 356 g/mol. The van der Waals surface area contributed by atoms with Crippen LogP contribution in [0.4, 0.5) is 5.69 Å². The van der Waals surface area contributed by atoms with Crippen molar-refractivity contribution in [2.75, 3.05) is 5.32 Å². The van der Waals surface area contributed by atoms with Gasteiger partial charge in [0.25, 0.3) is 11.5 Å². The number of amides is 1. The second-order valence-corrected chi connectivity index (χ2v) is 6.80. The normalized spacial score (nSPS) is 13.8. The van der Waals surface area contributed by atoms with E-state index in [0.717, 1.165) is 18.4 Å². The van der Waals surface area contributed by atoms with Gasteiger partial charge in [0.05, 0.1) is 21.7 Å². The molecule has 0 atom stereocenters. The maximum atomic E-state index is 12.5. The van der Waals surface area contributed by atoms with Gasteiger partial charge in [0, 0.05) is 12.2 Å². The Morgan fingerprint density at radius 1 is 1.31 bits per heavy atom. The summed E-state index contributed by atoms with van der Waals surface area (Å²) < 4.78 is 1.48. The molecule has 2 aromatic heterocycles. The van der Waals surface area contributed by atoms with Gasteiger partial charge in [-0.3, -0.25) is 19.1 Å². The van der Waals surface area contributed by atoms with E-state index in [1.807, 2.05) is 13.0 Å². The highest BCUT2D eigenvalue weighted by molar-refractivity contribution is 6.34. The van der Waals surface area contributed by atoms with E-state index in [2.05, 4.69) is 15.3 Å². The number of nitrogens with one attached hydrogen (secondary N) is 2. The largest absolute Gasteiger partial charge is 0.330 e. The molecule has 1 aromatic carbocycles. The Morgan fingerprint density at radius 3 is 2.77 bits per heavy atom. The lowest BCUT2D eigenvalue weighted by atomic mass is 10.2. The minimum Gasteiger partial charge on any atom is -0.321 e. The Balaban J connectivity index is 1.74. The van der Waals surface area contributed by atoms with E-state index in [1.54, 1.807) is 12.1 Å². The number of aromatic amines is 1. The van der Waals surface area contributed by atoms with Crippen molar-refractivity contribution in [1.82, 2.24) is 14.5 Å². The summed E-state index contributed by atoms with van der Waals surface area (Å²) in [5.74, 6) is -0.436. The number of hydrogen-bond donors (Lipinski definition) is 2. The molecule has 1 aliphatic carbocycles. The van der Waals surface area contributed by atoms with Crippen LogP contribution in [0.1, 0.15) is 34.8 Å². The zero-order chi connectivity index (χ0) is 18.4. The molecule has 2 N–H and O–H groups in total. The first-order valence-electron chi connectivity index (χ1n) is 8.16. The van der Waals surface area contributed by atoms with Crippen LogP contribution in [0.25, 0.3) is 11.0 Å². The van der Waals surface area contributed by atoms with Crippen LogP contribution < -0.4 is 16.6 Å². The minimum atomic E-state index is -0.558. The third kappa shape index (κ3) is 2.90. The molecule has 1 fully saturated rings. The fourth-order valence-electron chi connectivity index (χ4n) is 2.85. The van der Waals surface area contributed by atoms with Crippen LogP contribution >= 0.6 is 11.6 Å². The number of nitrogens with zero attached hydrogens (tertiary/aromatic N) is 2. The van der Waals surface area contributed by atoms with Crippen molar-refractivity contribution in [3.05, 3.63) is 67.4 Å². The molecule has 1 aliphatic rings. The van der Waals surface area contributed by atoms with Gasteiger partial charge in [-0.1, -0.05) is 17.7 Å². The van der Waals surface area contributed by atoms with E-state index >= 15 is 0 Å². The molecule has 1 amide bonds. The van der Waals surface area contributed by atoms with Gasteiger partial charge in [0.2, 0.25) is 0 Å². The van der Waals surface area contributed by atoms with Crippen LogP contribution in [0.3, 0.4) is 0 Å². The maximum absolute atomic E-state index is 12.5. The molecular formula is C18H15ClN4O3. The molecule has 7 nitrogen and oxygen atoms in total. The molecule has 26 heavy (non-hydrogen) atoms. The molecule has 0 unspecified atom stereocenters. The fraction of sp³-hybridized carbons (Fsp3) is 0.222. The molecule has 4 rings (SSSR count). The lowest BCUT2D eigenvalue weighted by Gasteiger charge is -2.10. The fourth-order valence-corrected chi connectivity index (χ4v) is 3.13. The number of benzene rings is 1. The first-order chi connectivity index (χ1) is 12.4. The van der Waals surface area contributed by atoms with Crippen molar-refractivity contribution in [1.29, 1.82) is 0 Å². The summed E-state index contributed by atoms with van der Waals surface area (Å²) in [5, 5.41) is 3.34. The van der Waals surface area contributed by atoms with E-state index in [4.69, 9.17) is 11.6 Å². The number of rotatable bonds is 3. The highest BCUT2D eigenvalue weighted by Crippen LogP contribution is 2.34. The topological polar surface area (TPSA) is 96.8 Å². The summed E-state index contributed by atoms with van der Waals surface area (Å²) in [6.45, 7) is 1.90. The second kappa shape index (κ2) is 6.10. The first-order valence-corrected chi connectivity index (χ1v) is 8.54. The highest BCUT2D eigenvalue weighted by Gasteiger charge is 2.27. The Bertz CT molecular complexity index is 1160. The van der Waals surface area contributed by atoms with Gasteiger partial charge in [-0.2, -0.15) is 0 Å². The number of carbonyl (C=O) groups is 1. The Morgan fingerprint density at radius 2 is 2.08 bits per heavy atom. The van der Waals surface area contributed by atoms with Gasteiger partial charge in [0.15, 0.2) is 0 Å². The predicted octanol–water partition coefficient (Wildman–Crippen LogP) is 2.63. The van der Waals surface area contributed by atoms with Crippen molar-refractivity contribution >= 4 is 34.2 Å². The lowest BCUT2D eigenvalue weighted by molar-refractivity contribution is 0.102. The Labute approximate surface area is 152 Å². The number of aromatic nitrogens is 3. The van der Waals surface area contributed by atoms with Crippen molar-refractivity contribution in [2.24, 2.45) is 0 Å². The molecule has 1 saturated carbocycles. The van der Waals surface area contributed by atoms with Gasteiger partial charge >= 0.3 is 5.69 Å². The molecule has 0 radical (unpaired) electrons. The monoisotopic (exact) mass is 370 g/mol. The lowest BCUT2D eigenvalue weighted by Crippen LogP contribution is -2.30. The van der Waals surface area contributed by atoms with E-state index in [0.29, 0.717) is 16.4 Å². The van der Waals surface area contributed by atoms with Gasteiger partial charge in [-0.15, -0.1) is 0 Å². The Hall–Kier alpha value is -2.93. The molecule has 0 bridgehead atoms. The summed E-state index contributed by atoms with van der Waals surface area (Å²) in [6.07, 6.45) is 3.10. The standard InChI is InChI=1S/C18H15ClN4O3/c1-9-2-5-14(13(19)6-9)21-16(24)10-7-12-15(20-8-10)23(11-3-4-11)18(26)22-17(12)25/h2,5-8,11H,3-4H2,1H3,(H,21,24)(H,22,25,26). The van der Waals surface area contributed by atoms with Gasteiger partial charge < -0.3 is 5.32 Å². The Kier molecular flexibility index (Phi) is 3.88. The van der Waals surface area contributed by atoms with Crippen LogP contribution in [0.2, 0.25) is 5.02 Å². The molecule has 0 saturated heterocycles. The number of anilines is 1. The number of aryl methyl sites for hydroxylation is 1. The molecule has 3 aromatic rings. The van der Waals surface area contributed by atoms with E-state index in [-0.39, 0.29) is 17.0 Å². The smallest absolute Gasteiger partial charge is 0.321 e. The van der Waals surface area contributed by atoms with Crippen molar-refractivity contribution in [2.45, 2.75) is 25.8 Å². The van der Waals surface area contributed by atoms with Gasteiger partial charge in [-0.25, -0.2) is 9.78 Å². The second-order valence-electron chi connectivity index (χ2n) is 6.39. The van der Waals surface area contributed by atoms with Crippen molar-refractivity contribution < 1.29 is 4.79 Å². The number of pyridine rings is 1. The third-order valence-electron chi connectivity index (χ3n) is 4.33. The van der Waals surface area contributed by atoms with E-state index in [9.17, 15) is 14.4 Å². The quantitative estimate of drug-likeness (QED) is 0.740. The SMILES string of the molecule is Cc1ccc(NC(=O)c2cnc3c(c2)c(=O)[nH]c(=O)n3C2CC2)c(Cl)c1. The summed E-state index contributed by atoms with van der Waals surface area (Å²) in [4.78, 5) is 43.2. The number of halogens is 1. The van der Waals surface area contributed by atoms with Crippen molar-refractivity contribution in [3.8, 4) is 0 Å². The molecule has 132 valence electrons. The number of H-pyrrole nitrogens is 1. The van der Waals surface area contributed by atoms with Crippen LogP contribution in [0, 0.1) is 6.92 Å². The first kappa shape index (κ1) is 16.5.